The van der Waals surface area contributed by atoms with Crippen molar-refractivity contribution in [2.75, 3.05) is 5.88 Å². The van der Waals surface area contributed by atoms with Crippen LogP contribution in [0, 0.1) is 0 Å². The summed E-state index contributed by atoms with van der Waals surface area (Å²) in [6.45, 7) is 2.00. The molecule has 1 heterocycles. The lowest BCUT2D eigenvalue weighted by molar-refractivity contribution is 0.570. The fraction of sp³-hybridized carbons (Fsp3) is 0.286. The number of hydrogen-bond donors (Lipinski definition) is 1. The minimum atomic E-state index is -3.52. The molecule has 0 saturated carbocycles. The van der Waals surface area contributed by atoms with E-state index >= 15 is 0 Å². The van der Waals surface area contributed by atoms with E-state index in [4.69, 9.17) is 11.6 Å². The van der Waals surface area contributed by atoms with Gasteiger partial charge in [-0.1, -0.05) is 37.3 Å². The van der Waals surface area contributed by atoms with E-state index in [0.717, 1.165) is 16.9 Å². The van der Waals surface area contributed by atoms with Gasteiger partial charge in [-0.25, -0.2) is 13.1 Å². The fourth-order valence-electron chi connectivity index (χ4n) is 1.81. The van der Waals surface area contributed by atoms with Crippen molar-refractivity contribution in [3.63, 3.8) is 0 Å². The number of nitrogens with one attached hydrogen (secondary N) is 1. The Morgan fingerprint density at radius 2 is 1.90 bits per heavy atom. The van der Waals surface area contributed by atoms with Crippen LogP contribution in [0.25, 0.3) is 0 Å². The maximum atomic E-state index is 12.3. The summed E-state index contributed by atoms with van der Waals surface area (Å²) >= 11 is 7.20. The maximum absolute atomic E-state index is 12.3. The first-order valence-electron chi connectivity index (χ1n) is 6.28. The Balaban J connectivity index is 2.22. The van der Waals surface area contributed by atoms with Gasteiger partial charge in [0.2, 0.25) is 0 Å². The summed E-state index contributed by atoms with van der Waals surface area (Å²) in [6, 6.07) is 12.4. The SMILES string of the molecule is CCc1ccc(S(=O)(=O)NC(CCl)c2ccccc2)s1. The highest BCUT2D eigenvalue weighted by molar-refractivity contribution is 7.91. The second-order valence-electron chi connectivity index (χ2n) is 4.31. The number of alkyl halides is 1. The van der Waals surface area contributed by atoms with E-state index in [0.29, 0.717) is 4.21 Å². The molecule has 0 aliphatic carbocycles. The molecule has 0 spiro atoms. The topological polar surface area (TPSA) is 46.2 Å². The molecule has 0 aliphatic heterocycles. The van der Waals surface area contributed by atoms with Crippen molar-refractivity contribution in [3.05, 3.63) is 52.9 Å². The maximum Gasteiger partial charge on any atom is 0.250 e. The minimum absolute atomic E-state index is 0.190. The van der Waals surface area contributed by atoms with Crippen LogP contribution in [0.15, 0.2) is 46.7 Å². The van der Waals surface area contributed by atoms with Crippen molar-refractivity contribution < 1.29 is 8.42 Å². The zero-order valence-corrected chi connectivity index (χ0v) is 13.4. The van der Waals surface area contributed by atoms with Crippen LogP contribution < -0.4 is 4.72 Å². The zero-order valence-electron chi connectivity index (χ0n) is 11.0. The number of sulfonamides is 1. The summed E-state index contributed by atoms with van der Waals surface area (Å²) in [4.78, 5) is 1.05. The predicted molar refractivity (Wildman–Crippen MR) is 83.9 cm³/mol. The van der Waals surface area contributed by atoms with Crippen LogP contribution >= 0.6 is 22.9 Å². The molecule has 3 nitrogen and oxygen atoms in total. The lowest BCUT2D eigenvalue weighted by Crippen LogP contribution is -2.29. The van der Waals surface area contributed by atoms with E-state index < -0.39 is 16.1 Å². The first kappa shape index (κ1) is 15.5. The van der Waals surface area contributed by atoms with E-state index in [9.17, 15) is 8.42 Å². The molecule has 0 amide bonds. The Morgan fingerprint density at radius 1 is 1.20 bits per heavy atom. The molecule has 2 rings (SSSR count). The molecule has 108 valence electrons. The van der Waals surface area contributed by atoms with Crippen molar-refractivity contribution in [1.29, 1.82) is 0 Å². The monoisotopic (exact) mass is 329 g/mol. The third kappa shape index (κ3) is 3.61. The Morgan fingerprint density at radius 3 is 2.45 bits per heavy atom. The van der Waals surface area contributed by atoms with Crippen LogP contribution in [0.1, 0.15) is 23.4 Å². The van der Waals surface area contributed by atoms with E-state index in [2.05, 4.69) is 4.72 Å². The molecular formula is C14H16ClNO2S2. The van der Waals surface area contributed by atoms with Crippen molar-refractivity contribution >= 4 is 33.0 Å². The van der Waals surface area contributed by atoms with Crippen LogP contribution in [0.4, 0.5) is 0 Å². The second-order valence-corrected chi connectivity index (χ2v) is 7.73. The highest BCUT2D eigenvalue weighted by Crippen LogP contribution is 2.24. The molecule has 0 aliphatic rings. The molecule has 0 radical (unpaired) electrons. The van der Waals surface area contributed by atoms with E-state index in [1.165, 1.54) is 11.3 Å². The normalized spacial score (nSPS) is 13.3. The van der Waals surface area contributed by atoms with E-state index in [1.807, 2.05) is 43.3 Å². The Hall–Kier alpha value is -0.880. The second kappa shape index (κ2) is 6.72. The molecular weight excluding hydrogens is 314 g/mol. The van der Waals surface area contributed by atoms with Crippen LogP contribution in [-0.2, 0) is 16.4 Å². The van der Waals surface area contributed by atoms with Gasteiger partial charge in [-0.05, 0) is 24.1 Å². The lowest BCUT2D eigenvalue weighted by atomic mass is 10.1. The molecule has 0 bridgehead atoms. The zero-order chi connectivity index (χ0) is 14.6. The first-order valence-corrected chi connectivity index (χ1v) is 9.12. The number of hydrogen-bond acceptors (Lipinski definition) is 3. The van der Waals surface area contributed by atoms with Crippen molar-refractivity contribution in [3.8, 4) is 0 Å². The van der Waals surface area contributed by atoms with Crippen LogP contribution in [0.3, 0.4) is 0 Å². The highest BCUT2D eigenvalue weighted by atomic mass is 35.5. The van der Waals surface area contributed by atoms with Crippen molar-refractivity contribution in [1.82, 2.24) is 4.72 Å². The largest absolute Gasteiger partial charge is 0.250 e. The van der Waals surface area contributed by atoms with Crippen LogP contribution in [0.2, 0.25) is 0 Å². The molecule has 0 fully saturated rings. The summed E-state index contributed by atoms with van der Waals surface area (Å²) in [5.41, 5.74) is 0.860. The Kier molecular flexibility index (Phi) is 5.21. The van der Waals surface area contributed by atoms with Gasteiger partial charge in [-0.15, -0.1) is 22.9 Å². The molecule has 1 aromatic carbocycles. The quantitative estimate of drug-likeness (QED) is 0.823. The smallest absolute Gasteiger partial charge is 0.206 e. The lowest BCUT2D eigenvalue weighted by Gasteiger charge is -2.15. The average molecular weight is 330 g/mol. The molecule has 20 heavy (non-hydrogen) atoms. The Bertz CT molecular complexity index is 653. The number of aryl methyl sites for hydroxylation is 1. The van der Waals surface area contributed by atoms with Crippen LogP contribution in [0.5, 0.6) is 0 Å². The predicted octanol–water partition coefficient (Wildman–Crippen LogP) is 3.57. The average Bonchev–Trinajstić information content (AvgIpc) is 2.95. The van der Waals surface area contributed by atoms with E-state index in [1.54, 1.807) is 6.07 Å². The molecule has 0 saturated heterocycles. The summed E-state index contributed by atoms with van der Waals surface area (Å²) in [5.74, 6) is 0.190. The minimum Gasteiger partial charge on any atom is -0.206 e. The van der Waals surface area contributed by atoms with Gasteiger partial charge in [0.25, 0.3) is 10.0 Å². The molecule has 1 atom stereocenters. The van der Waals surface area contributed by atoms with Gasteiger partial charge >= 0.3 is 0 Å². The van der Waals surface area contributed by atoms with Gasteiger partial charge in [-0.3, -0.25) is 0 Å². The summed E-state index contributed by atoms with van der Waals surface area (Å²) < 4.78 is 27.7. The number of benzene rings is 1. The fourth-order valence-corrected chi connectivity index (χ4v) is 4.70. The molecule has 6 heteroatoms. The van der Waals surface area contributed by atoms with Crippen molar-refractivity contribution in [2.24, 2.45) is 0 Å². The number of thiophene rings is 1. The summed E-state index contributed by atoms with van der Waals surface area (Å²) in [6.07, 6.45) is 0.831. The third-order valence-corrected chi connectivity index (χ3v) is 6.41. The van der Waals surface area contributed by atoms with Gasteiger partial charge in [0.1, 0.15) is 4.21 Å². The van der Waals surface area contributed by atoms with Gasteiger partial charge < -0.3 is 0 Å². The standard InChI is InChI=1S/C14H16ClNO2S2/c1-2-12-8-9-14(19-12)20(17,18)16-13(10-15)11-6-4-3-5-7-11/h3-9,13,16H,2,10H2,1H3. The van der Waals surface area contributed by atoms with Gasteiger partial charge in [0.15, 0.2) is 0 Å². The summed E-state index contributed by atoms with van der Waals surface area (Å²) in [7, 11) is -3.52. The van der Waals surface area contributed by atoms with Crippen LogP contribution in [-0.4, -0.2) is 14.3 Å². The van der Waals surface area contributed by atoms with E-state index in [-0.39, 0.29) is 5.88 Å². The highest BCUT2D eigenvalue weighted by Gasteiger charge is 2.22. The Labute approximate surface area is 128 Å². The van der Waals surface area contributed by atoms with Gasteiger partial charge in [0, 0.05) is 10.8 Å². The first-order chi connectivity index (χ1) is 9.56. The summed E-state index contributed by atoms with van der Waals surface area (Å²) in [5, 5.41) is 0. The molecule has 1 unspecified atom stereocenters. The van der Waals surface area contributed by atoms with Gasteiger partial charge in [-0.2, -0.15) is 0 Å². The number of halogens is 1. The molecule has 2 aromatic rings. The van der Waals surface area contributed by atoms with Crippen molar-refractivity contribution in [2.45, 2.75) is 23.6 Å². The van der Waals surface area contributed by atoms with Gasteiger partial charge in [0.05, 0.1) is 6.04 Å². The molecule has 1 aromatic heterocycles. The number of rotatable bonds is 6. The third-order valence-electron chi connectivity index (χ3n) is 2.90. The molecule has 1 N–H and O–H groups in total.